The molecule has 0 radical (unpaired) electrons. The second kappa shape index (κ2) is 7.31. The summed E-state index contributed by atoms with van der Waals surface area (Å²) in [4.78, 5) is 27.9. The van der Waals surface area contributed by atoms with E-state index in [1.165, 1.54) is 0 Å². The minimum atomic E-state index is -0.238. The van der Waals surface area contributed by atoms with Crippen molar-refractivity contribution in [3.05, 3.63) is 66.6 Å². The summed E-state index contributed by atoms with van der Waals surface area (Å²) in [6, 6.07) is 13.4. The lowest BCUT2D eigenvalue weighted by atomic mass is 10.2. The van der Waals surface area contributed by atoms with Crippen LogP contribution in [0.1, 0.15) is 23.2 Å². The number of nitrogens with one attached hydrogen (secondary N) is 1. The molecule has 1 aliphatic heterocycles. The molecule has 0 unspecified atom stereocenters. The van der Waals surface area contributed by atoms with Crippen LogP contribution in [0.2, 0.25) is 0 Å². The van der Waals surface area contributed by atoms with Gasteiger partial charge >= 0.3 is 0 Å². The molecular formula is C20H19N5O. The second-order valence-corrected chi connectivity index (χ2v) is 6.18. The van der Waals surface area contributed by atoms with Gasteiger partial charge in [0.2, 0.25) is 0 Å². The molecule has 3 aromatic rings. The molecule has 1 saturated heterocycles. The van der Waals surface area contributed by atoms with Gasteiger partial charge in [-0.2, -0.15) is 0 Å². The molecule has 0 spiro atoms. The fourth-order valence-corrected chi connectivity index (χ4v) is 3.05. The Kier molecular flexibility index (Phi) is 4.55. The summed E-state index contributed by atoms with van der Waals surface area (Å²) in [5.74, 6) is 1.18. The van der Waals surface area contributed by atoms with Crippen LogP contribution in [0.3, 0.4) is 0 Å². The summed E-state index contributed by atoms with van der Waals surface area (Å²) in [6.07, 6.45) is 7.16. The highest BCUT2D eigenvalue weighted by Crippen LogP contribution is 2.26. The Morgan fingerprint density at radius 2 is 1.65 bits per heavy atom. The molecule has 130 valence electrons. The Bertz CT molecular complexity index is 890. The Hall–Kier alpha value is -3.28. The lowest BCUT2D eigenvalue weighted by Crippen LogP contribution is -2.22. The SMILES string of the molecule is O=C(Nc1cccnc1N1CCCC1)c1cnc(-c2ccccc2)nc1. The van der Waals surface area contributed by atoms with Gasteiger partial charge in [-0.1, -0.05) is 30.3 Å². The number of pyridine rings is 1. The molecule has 0 aliphatic carbocycles. The molecule has 6 nitrogen and oxygen atoms in total. The minimum absolute atomic E-state index is 0.238. The number of benzene rings is 1. The van der Waals surface area contributed by atoms with Crippen LogP contribution in [0.5, 0.6) is 0 Å². The number of carbonyl (C=O) groups is 1. The van der Waals surface area contributed by atoms with Gasteiger partial charge in [-0.15, -0.1) is 0 Å². The van der Waals surface area contributed by atoms with Crippen molar-refractivity contribution in [3.63, 3.8) is 0 Å². The van der Waals surface area contributed by atoms with Gasteiger partial charge in [-0.25, -0.2) is 15.0 Å². The third-order valence-corrected chi connectivity index (χ3v) is 4.39. The Morgan fingerprint density at radius 3 is 2.38 bits per heavy atom. The highest BCUT2D eigenvalue weighted by molar-refractivity contribution is 6.05. The predicted octanol–water partition coefficient (Wildman–Crippen LogP) is 3.39. The molecule has 1 aromatic carbocycles. The number of hydrogen-bond acceptors (Lipinski definition) is 5. The van der Waals surface area contributed by atoms with Crippen LogP contribution in [0.4, 0.5) is 11.5 Å². The van der Waals surface area contributed by atoms with Crippen molar-refractivity contribution in [2.75, 3.05) is 23.3 Å². The van der Waals surface area contributed by atoms with Crippen molar-refractivity contribution in [1.29, 1.82) is 0 Å². The number of nitrogens with zero attached hydrogens (tertiary/aromatic N) is 4. The number of carbonyl (C=O) groups excluding carboxylic acids is 1. The van der Waals surface area contributed by atoms with Crippen molar-refractivity contribution in [2.24, 2.45) is 0 Å². The van der Waals surface area contributed by atoms with E-state index in [9.17, 15) is 4.79 Å². The molecule has 4 rings (SSSR count). The fourth-order valence-electron chi connectivity index (χ4n) is 3.05. The van der Waals surface area contributed by atoms with Gasteiger partial charge in [-0.3, -0.25) is 4.79 Å². The summed E-state index contributed by atoms with van der Waals surface area (Å²) in [5.41, 5.74) is 2.05. The quantitative estimate of drug-likeness (QED) is 0.785. The summed E-state index contributed by atoms with van der Waals surface area (Å²) in [5, 5.41) is 2.94. The fraction of sp³-hybridized carbons (Fsp3) is 0.200. The Morgan fingerprint density at radius 1 is 0.923 bits per heavy atom. The van der Waals surface area contributed by atoms with Crippen LogP contribution in [0.15, 0.2) is 61.1 Å². The monoisotopic (exact) mass is 345 g/mol. The maximum atomic E-state index is 12.6. The average molecular weight is 345 g/mol. The summed E-state index contributed by atoms with van der Waals surface area (Å²) in [7, 11) is 0. The molecule has 0 bridgehead atoms. The van der Waals surface area contributed by atoms with E-state index in [1.54, 1.807) is 18.6 Å². The van der Waals surface area contributed by atoms with Gasteiger partial charge in [0, 0.05) is 37.2 Å². The van der Waals surface area contributed by atoms with E-state index in [2.05, 4.69) is 25.2 Å². The van der Waals surface area contributed by atoms with Gasteiger partial charge in [0.1, 0.15) is 0 Å². The highest BCUT2D eigenvalue weighted by Gasteiger charge is 2.18. The summed E-state index contributed by atoms with van der Waals surface area (Å²) in [6.45, 7) is 1.93. The number of anilines is 2. The molecule has 1 aliphatic rings. The molecule has 6 heteroatoms. The standard InChI is InChI=1S/C20H19N5O/c26-20(16-13-22-18(23-14-16)15-7-2-1-3-8-15)24-17-9-6-10-21-19(17)25-11-4-5-12-25/h1-3,6-10,13-14H,4-5,11-12H2,(H,24,26). The normalized spacial score (nSPS) is 13.6. The number of hydrogen-bond donors (Lipinski definition) is 1. The van der Waals surface area contributed by atoms with Crippen molar-refractivity contribution in [3.8, 4) is 11.4 Å². The molecule has 1 N–H and O–H groups in total. The molecule has 0 atom stereocenters. The number of aromatic nitrogens is 3. The van der Waals surface area contributed by atoms with Crippen molar-refractivity contribution in [1.82, 2.24) is 15.0 Å². The number of amides is 1. The van der Waals surface area contributed by atoms with Gasteiger partial charge in [-0.05, 0) is 25.0 Å². The summed E-state index contributed by atoms with van der Waals surface area (Å²) < 4.78 is 0. The molecule has 1 amide bonds. The van der Waals surface area contributed by atoms with Crippen molar-refractivity contribution >= 4 is 17.4 Å². The lowest BCUT2D eigenvalue weighted by Gasteiger charge is -2.19. The van der Waals surface area contributed by atoms with E-state index in [0.29, 0.717) is 17.1 Å². The molecule has 2 aromatic heterocycles. The zero-order valence-electron chi connectivity index (χ0n) is 14.3. The van der Waals surface area contributed by atoms with Crippen molar-refractivity contribution in [2.45, 2.75) is 12.8 Å². The van der Waals surface area contributed by atoms with Crippen molar-refractivity contribution < 1.29 is 4.79 Å². The van der Waals surface area contributed by atoms with E-state index in [0.717, 1.165) is 37.3 Å². The van der Waals surface area contributed by atoms with Crippen LogP contribution < -0.4 is 10.2 Å². The predicted molar refractivity (Wildman–Crippen MR) is 101 cm³/mol. The highest BCUT2D eigenvalue weighted by atomic mass is 16.1. The molecular weight excluding hydrogens is 326 g/mol. The van der Waals surface area contributed by atoms with Gasteiger partial charge in [0.25, 0.3) is 5.91 Å². The van der Waals surface area contributed by atoms with E-state index < -0.39 is 0 Å². The topological polar surface area (TPSA) is 71.0 Å². The van der Waals surface area contributed by atoms with Crippen LogP contribution in [-0.4, -0.2) is 33.9 Å². The van der Waals surface area contributed by atoms with E-state index in [1.807, 2.05) is 42.5 Å². The van der Waals surface area contributed by atoms with E-state index in [4.69, 9.17) is 0 Å². The van der Waals surface area contributed by atoms with E-state index in [-0.39, 0.29) is 5.91 Å². The van der Waals surface area contributed by atoms with Crippen LogP contribution in [0.25, 0.3) is 11.4 Å². The van der Waals surface area contributed by atoms with Crippen LogP contribution >= 0.6 is 0 Å². The lowest BCUT2D eigenvalue weighted by molar-refractivity contribution is 0.102. The first kappa shape index (κ1) is 16.2. The minimum Gasteiger partial charge on any atom is -0.355 e. The largest absolute Gasteiger partial charge is 0.355 e. The molecule has 3 heterocycles. The third kappa shape index (κ3) is 3.39. The smallest absolute Gasteiger partial charge is 0.258 e. The zero-order valence-corrected chi connectivity index (χ0v) is 14.3. The third-order valence-electron chi connectivity index (χ3n) is 4.39. The summed E-state index contributed by atoms with van der Waals surface area (Å²) >= 11 is 0. The average Bonchev–Trinajstić information content (AvgIpc) is 3.24. The van der Waals surface area contributed by atoms with E-state index >= 15 is 0 Å². The Labute approximate surface area is 151 Å². The molecule has 1 fully saturated rings. The Balaban J connectivity index is 1.52. The van der Waals surface area contributed by atoms with Crippen LogP contribution in [0, 0.1) is 0 Å². The number of rotatable bonds is 4. The first-order valence-corrected chi connectivity index (χ1v) is 8.70. The van der Waals surface area contributed by atoms with Gasteiger partial charge < -0.3 is 10.2 Å². The maximum absolute atomic E-state index is 12.6. The molecule has 0 saturated carbocycles. The second-order valence-electron chi connectivity index (χ2n) is 6.18. The van der Waals surface area contributed by atoms with Gasteiger partial charge in [0.05, 0.1) is 11.3 Å². The molecule has 26 heavy (non-hydrogen) atoms. The van der Waals surface area contributed by atoms with Crippen LogP contribution in [-0.2, 0) is 0 Å². The van der Waals surface area contributed by atoms with Gasteiger partial charge in [0.15, 0.2) is 11.6 Å². The zero-order chi connectivity index (χ0) is 17.8. The maximum Gasteiger partial charge on any atom is 0.258 e. The first-order valence-electron chi connectivity index (χ1n) is 8.70. The first-order chi connectivity index (χ1) is 12.8.